The van der Waals surface area contributed by atoms with E-state index in [4.69, 9.17) is 4.52 Å². The topological polar surface area (TPSA) is 90.0 Å². The zero-order chi connectivity index (χ0) is 22.1. The number of carbonyl (C=O) groups excluding carboxylic acids is 1. The molecule has 0 aliphatic heterocycles. The molecule has 1 N–H and O–H groups in total. The van der Waals surface area contributed by atoms with Crippen LogP contribution in [0, 0.1) is 12.7 Å². The molecule has 2 heterocycles. The average molecular weight is 420 g/mol. The molecule has 158 valence electrons. The van der Waals surface area contributed by atoms with E-state index in [2.05, 4.69) is 15.5 Å². The van der Waals surface area contributed by atoms with E-state index in [1.165, 1.54) is 22.8 Å². The number of anilines is 1. The number of aryl methyl sites for hydroxylation is 1. The number of hydrogen-bond acceptors (Lipinski definition) is 5. The average Bonchev–Trinajstić information content (AvgIpc) is 3.22. The summed E-state index contributed by atoms with van der Waals surface area (Å²) in [6.07, 6.45) is 0. The Morgan fingerprint density at radius 3 is 2.68 bits per heavy atom. The number of carbonyl (C=O) groups is 1. The van der Waals surface area contributed by atoms with E-state index in [9.17, 15) is 14.0 Å². The predicted octanol–water partition coefficient (Wildman–Crippen LogP) is 4.26. The van der Waals surface area contributed by atoms with Gasteiger partial charge in [0.2, 0.25) is 5.91 Å². The van der Waals surface area contributed by atoms with Crippen LogP contribution < -0.4 is 10.9 Å². The number of rotatable bonds is 5. The lowest BCUT2D eigenvalue weighted by molar-refractivity contribution is -0.116. The Balaban J connectivity index is 1.71. The standard InChI is InChI=1S/C23H21FN4O3/c1-13(2)22-26-23(31-27-22)16-11-21(30)28(19-7-5-4-6-15(16)19)12-20(29)25-18-9-8-14(3)10-17(18)24/h4-11,13H,12H2,1-3H3,(H,25,29). The van der Waals surface area contributed by atoms with Gasteiger partial charge in [0.25, 0.3) is 11.4 Å². The highest BCUT2D eigenvalue weighted by Gasteiger charge is 2.18. The summed E-state index contributed by atoms with van der Waals surface area (Å²) < 4.78 is 20.8. The highest BCUT2D eigenvalue weighted by Crippen LogP contribution is 2.27. The van der Waals surface area contributed by atoms with Crippen LogP contribution in [-0.4, -0.2) is 20.6 Å². The summed E-state index contributed by atoms with van der Waals surface area (Å²) in [5.74, 6) is -0.172. The van der Waals surface area contributed by atoms with Gasteiger partial charge in [0.05, 0.1) is 16.8 Å². The van der Waals surface area contributed by atoms with Gasteiger partial charge < -0.3 is 9.84 Å². The Morgan fingerprint density at radius 1 is 1.19 bits per heavy atom. The second-order valence-corrected chi connectivity index (χ2v) is 7.64. The number of halogens is 1. The number of para-hydroxylation sites is 1. The second kappa shape index (κ2) is 8.14. The van der Waals surface area contributed by atoms with Crippen molar-refractivity contribution < 1.29 is 13.7 Å². The van der Waals surface area contributed by atoms with Crippen LogP contribution in [0.3, 0.4) is 0 Å². The molecule has 0 spiro atoms. The van der Waals surface area contributed by atoms with E-state index in [0.717, 1.165) is 5.56 Å². The van der Waals surface area contributed by atoms with E-state index in [1.54, 1.807) is 25.1 Å². The molecule has 4 rings (SSSR count). The van der Waals surface area contributed by atoms with E-state index in [-0.39, 0.29) is 24.0 Å². The number of nitrogens with zero attached hydrogens (tertiary/aromatic N) is 3. The van der Waals surface area contributed by atoms with Crippen LogP contribution in [0.25, 0.3) is 22.4 Å². The minimum atomic E-state index is -0.529. The maximum atomic E-state index is 14.1. The summed E-state index contributed by atoms with van der Waals surface area (Å²) >= 11 is 0. The fraction of sp³-hybridized carbons (Fsp3) is 0.217. The highest BCUT2D eigenvalue weighted by atomic mass is 19.1. The molecule has 0 fully saturated rings. The minimum absolute atomic E-state index is 0.0663. The molecule has 2 aromatic carbocycles. The number of nitrogens with one attached hydrogen (secondary N) is 1. The zero-order valence-corrected chi connectivity index (χ0v) is 17.3. The molecule has 8 heteroatoms. The molecule has 0 saturated heterocycles. The summed E-state index contributed by atoms with van der Waals surface area (Å²) in [5.41, 5.74) is 1.44. The lowest BCUT2D eigenvalue weighted by Crippen LogP contribution is -2.28. The first-order valence-electron chi connectivity index (χ1n) is 9.86. The molecule has 31 heavy (non-hydrogen) atoms. The van der Waals surface area contributed by atoms with E-state index in [0.29, 0.717) is 22.3 Å². The van der Waals surface area contributed by atoms with Gasteiger partial charge in [-0.3, -0.25) is 14.2 Å². The molecular weight excluding hydrogens is 399 g/mol. The fourth-order valence-electron chi connectivity index (χ4n) is 3.31. The Labute approximate surface area is 177 Å². The number of aromatic nitrogens is 3. The van der Waals surface area contributed by atoms with Gasteiger partial charge in [-0.25, -0.2) is 4.39 Å². The first-order chi connectivity index (χ1) is 14.8. The number of benzene rings is 2. The normalized spacial score (nSPS) is 11.3. The summed E-state index contributed by atoms with van der Waals surface area (Å²) in [7, 11) is 0. The van der Waals surface area contributed by atoms with Crippen molar-refractivity contribution in [2.45, 2.75) is 33.2 Å². The highest BCUT2D eigenvalue weighted by molar-refractivity contribution is 5.95. The van der Waals surface area contributed by atoms with Crippen molar-refractivity contribution in [2.24, 2.45) is 0 Å². The summed E-state index contributed by atoms with van der Waals surface area (Å²) in [4.78, 5) is 29.8. The minimum Gasteiger partial charge on any atom is -0.334 e. The monoisotopic (exact) mass is 420 g/mol. The molecule has 0 aliphatic carbocycles. The molecule has 0 aliphatic rings. The van der Waals surface area contributed by atoms with Gasteiger partial charge in [-0.2, -0.15) is 4.98 Å². The van der Waals surface area contributed by atoms with Crippen molar-refractivity contribution in [3.63, 3.8) is 0 Å². The number of pyridine rings is 1. The Morgan fingerprint density at radius 2 is 1.97 bits per heavy atom. The van der Waals surface area contributed by atoms with Crippen molar-refractivity contribution in [3.05, 3.63) is 76.1 Å². The third-order valence-electron chi connectivity index (χ3n) is 4.91. The van der Waals surface area contributed by atoms with Gasteiger partial charge in [0.1, 0.15) is 12.4 Å². The van der Waals surface area contributed by atoms with Gasteiger partial charge in [-0.1, -0.05) is 43.3 Å². The van der Waals surface area contributed by atoms with Crippen LogP contribution >= 0.6 is 0 Å². The van der Waals surface area contributed by atoms with Gasteiger partial charge in [-0.15, -0.1) is 0 Å². The molecule has 4 aromatic rings. The molecule has 2 aromatic heterocycles. The number of fused-ring (bicyclic) bond motifs is 1. The quantitative estimate of drug-likeness (QED) is 0.521. The maximum Gasteiger partial charge on any atom is 0.258 e. The third-order valence-corrected chi connectivity index (χ3v) is 4.91. The van der Waals surface area contributed by atoms with Crippen LogP contribution in [0.15, 0.2) is 57.8 Å². The second-order valence-electron chi connectivity index (χ2n) is 7.64. The largest absolute Gasteiger partial charge is 0.334 e. The molecule has 0 unspecified atom stereocenters. The molecule has 1 amide bonds. The molecule has 0 radical (unpaired) electrons. The van der Waals surface area contributed by atoms with Crippen molar-refractivity contribution in [1.82, 2.24) is 14.7 Å². The molecule has 0 saturated carbocycles. The number of hydrogen-bond donors (Lipinski definition) is 1. The molecule has 0 atom stereocenters. The van der Waals surface area contributed by atoms with Crippen molar-refractivity contribution in [1.29, 1.82) is 0 Å². The molecular formula is C23H21FN4O3. The van der Waals surface area contributed by atoms with Crippen LogP contribution in [-0.2, 0) is 11.3 Å². The summed E-state index contributed by atoms with van der Waals surface area (Å²) in [6, 6.07) is 13.0. The van der Waals surface area contributed by atoms with Crippen LogP contribution in [0.1, 0.15) is 31.2 Å². The van der Waals surface area contributed by atoms with Crippen LogP contribution in [0.4, 0.5) is 10.1 Å². The predicted molar refractivity (Wildman–Crippen MR) is 115 cm³/mol. The maximum absolute atomic E-state index is 14.1. The Bertz CT molecular complexity index is 1340. The van der Waals surface area contributed by atoms with E-state index in [1.807, 2.05) is 26.0 Å². The lowest BCUT2D eigenvalue weighted by Gasteiger charge is -2.13. The van der Waals surface area contributed by atoms with Crippen LogP contribution in [0.2, 0.25) is 0 Å². The van der Waals surface area contributed by atoms with E-state index >= 15 is 0 Å². The van der Waals surface area contributed by atoms with Crippen molar-refractivity contribution in [2.75, 3.05) is 5.32 Å². The molecule has 0 bridgehead atoms. The van der Waals surface area contributed by atoms with Crippen molar-refractivity contribution in [3.8, 4) is 11.5 Å². The van der Waals surface area contributed by atoms with Gasteiger partial charge in [0, 0.05) is 17.4 Å². The SMILES string of the molecule is Cc1ccc(NC(=O)Cn2c(=O)cc(-c3nc(C(C)C)no3)c3ccccc32)c(F)c1. The zero-order valence-electron chi connectivity index (χ0n) is 17.3. The smallest absolute Gasteiger partial charge is 0.258 e. The Kier molecular flexibility index (Phi) is 5.37. The summed E-state index contributed by atoms with van der Waals surface area (Å²) in [6.45, 7) is 5.38. The van der Waals surface area contributed by atoms with Gasteiger partial charge in [-0.05, 0) is 30.7 Å². The van der Waals surface area contributed by atoms with Gasteiger partial charge in [0.15, 0.2) is 5.82 Å². The van der Waals surface area contributed by atoms with Crippen LogP contribution in [0.5, 0.6) is 0 Å². The number of amides is 1. The van der Waals surface area contributed by atoms with E-state index < -0.39 is 17.3 Å². The lowest BCUT2D eigenvalue weighted by atomic mass is 10.1. The Hall–Kier alpha value is -3.81. The first kappa shape index (κ1) is 20.5. The van der Waals surface area contributed by atoms with Gasteiger partial charge >= 0.3 is 0 Å². The fourth-order valence-corrected chi connectivity index (χ4v) is 3.31. The molecule has 7 nitrogen and oxygen atoms in total. The first-order valence-corrected chi connectivity index (χ1v) is 9.86. The van der Waals surface area contributed by atoms with Crippen molar-refractivity contribution >= 4 is 22.5 Å². The summed E-state index contributed by atoms with van der Waals surface area (Å²) in [5, 5.41) is 7.18. The third kappa shape index (κ3) is 4.09.